The number of aromatic hydroxyl groups is 1. The quantitative estimate of drug-likeness (QED) is 0.148. The van der Waals surface area contributed by atoms with Crippen molar-refractivity contribution < 1.29 is 53.9 Å². The second kappa shape index (κ2) is 13.7. The van der Waals surface area contributed by atoms with Crippen molar-refractivity contribution in [3.8, 4) is 5.75 Å². The molecule has 1 fully saturated rings. The molecule has 0 heterocycles. The fourth-order valence-electron chi connectivity index (χ4n) is 7.40. The number of aliphatic hydroxyl groups excluding tert-OH is 2. The molecule has 15 heteroatoms. The number of likely N-dealkylation sites (N-methyl/N-ethyl adjacent to an activating group) is 1. The summed E-state index contributed by atoms with van der Waals surface area (Å²) in [6, 6.07) is 0.467. The third kappa shape index (κ3) is 7.07. The Morgan fingerprint density at radius 1 is 1.02 bits per heavy atom. The summed E-state index contributed by atoms with van der Waals surface area (Å²) in [5.41, 5.74) is 1.29. The molecule has 286 valence electrons. The number of esters is 1. The van der Waals surface area contributed by atoms with Crippen LogP contribution in [0, 0.1) is 22.7 Å². The highest BCUT2D eigenvalue weighted by Gasteiger charge is 2.64. The zero-order valence-electron chi connectivity index (χ0n) is 31.8. The van der Waals surface area contributed by atoms with Crippen molar-refractivity contribution in [3.05, 3.63) is 39.7 Å². The van der Waals surface area contributed by atoms with Gasteiger partial charge in [0.25, 0.3) is 5.91 Å². The van der Waals surface area contributed by atoms with Crippen LogP contribution in [0.1, 0.15) is 71.6 Å². The lowest BCUT2D eigenvalue weighted by molar-refractivity contribution is -0.175. The van der Waals surface area contributed by atoms with E-state index in [0.29, 0.717) is 11.3 Å². The molecule has 0 saturated heterocycles. The van der Waals surface area contributed by atoms with Crippen LogP contribution in [0.15, 0.2) is 23.0 Å². The number of carbonyl (C=O) groups is 5. The first kappa shape index (κ1) is 40.1. The number of Topliss-reactive ketones (excluding diaryl/α,β-unsaturated/α-hetero) is 2. The van der Waals surface area contributed by atoms with E-state index < -0.39 is 93.0 Å². The molecule has 1 aromatic carbocycles. The van der Waals surface area contributed by atoms with Crippen molar-refractivity contribution in [2.45, 2.75) is 85.8 Å². The summed E-state index contributed by atoms with van der Waals surface area (Å²) >= 11 is 0. The van der Waals surface area contributed by atoms with E-state index in [1.54, 1.807) is 45.8 Å². The van der Waals surface area contributed by atoms with Crippen LogP contribution in [0.4, 0.5) is 10.5 Å². The van der Waals surface area contributed by atoms with Gasteiger partial charge in [0.1, 0.15) is 22.8 Å². The Hall–Kier alpha value is -4.63. The molecule has 1 unspecified atom stereocenters. The minimum absolute atomic E-state index is 0.0513. The summed E-state index contributed by atoms with van der Waals surface area (Å²) in [5.74, 6) is -8.06. The van der Waals surface area contributed by atoms with Gasteiger partial charge in [0.15, 0.2) is 11.4 Å². The predicted molar refractivity (Wildman–Crippen MR) is 190 cm³/mol. The number of rotatable bonds is 8. The van der Waals surface area contributed by atoms with Gasteiger partial charge in [-0.25, -0.2) is 4.79 Å². The molecule has 1 saturated carbocycles. The summed E-state index contributed by atoms with van der Waals surface area (Å²) in [7, 11) is 6.57. The Labute approximate surface area is 303 Å². The van der Waals surface area contributed by atoms with Gasteiger partial charge in [0.05, 0.1) is 23.6 Å². The molecule has 52 heavy (non-hydrogen) atoms. The number of anilines is 1. The largest absolute Gasteiger partial charge is 0.508 e. The Balaban J connectivity index is 1.84. The van der Waals surface area contributed by atoms with Crippen molar-refractivity contribution in [3.63, 3.8) is 0 Å². The van der Waals surface area contributed by atoms with E-state index >= 15 is 0 Å². The molecule has 6 N–H and O–H groups in total. The van der Waals surface area contributed by atoms with Crippen LogP contribution in [0.5, 0.6) is 5.75 Å². The SMILES string of the molecule is CC(OC(=O)N(Cc1cc(N(C)C)c2c(c1O)C(O)=C1C(=O)[C@]3(O)C(O)=C(C(N)=O)C(=O)[C@@H](N(C)C)[C@@H]3C[C@@H]1C2)CC(C)(C)C)OC(=O)C(C)(C)C. The first-order chi connectivity index (χ1) is 23.7. The van der Waals surface area contributed by atoms with Crippen LogP contribution in [0.2, 0.25) is 0 Å². The van der Waals surface area contributed by atoms with E-state index in [9.17, 15) is 44.4 Å². The van der Waals surface area contributed by atoms with Crippen molar-refractivity contribution in [2.24, 2.45) is 28.4 Å². The fraction of sp³-hybridized carbons (Fsp3) is 0.595. The number of ketones is 2. The van der Waals surface area contributed by atoms with Gasteiger partial charge in [-0.05, 0) is 70.7 Å². The highest BCUT2D eigenvalue weighted by Crippen LogP contribution is 2.54. The number of aliphatic hydroxyl groups is 3. The first-order valence-electron chi connectivity index (χ1n) is 17.1. The third-order valence-corrected chi connectivity index (χ3v) is 9.69. The number of nitrogens with zero attached hydrogens (tertiary/aromatic N) is 3. The summed E-state index contributed by atoms with van der Waals surface area (Å²) in [6.07, 6.45) is -2.01. The maximum absolute atomic E-state index is 14.3. The number of fused-ring (bicyclic) bond motifs is 3. The molecule has 0 aromatic heterocycles. The van der Waals surface area contributed by atoms with Gasteiger partial charge < -0.3 is 45.4 Å². The molecule has 2 amide bonds. The number of nitrogens with two attached hydrogens (primary N) is 1. The Bertz CT molecular complexity index is 1760. The van der Waals surface area contributed by atoms with Gasteiger partial charge in [-0.15, -0.1) is 0 Å². The summed E-state index contributed by atoms with van der Waals surface area (Å²) < 4.78 is 10.8. The van der Waals surface area contributed by atoms with Gasteiger partial charge in [-0.2, -0.15) is 0 Å². The molecule has 1 aromatic rings. The second-order valence-electron chi connectivity index (χ2n) is 16.6. The zero-order chi connectivity index (χ0) is 39.6. The molecular weight excluding hydrogens is 676 g/mol. The lowest BCUT2D eigenvalue weighted by atomic mass is 9.57. The zero-order valence-corrected chi connectivity index (χ0v) is 31.8. The lowest BCUT2D eigenvalue weighted by Crippen LogP contribution is -2.65. The number of amides is 2. The molecule has 0 bridgehead atoms. The van der Waals surface area contributed by atoms with Crippen molar-refractivity contribution >= 4 is 41.0 Å². The van der Waals surface area contributed by atoms with Gasteiger partial charge in [0, 0.05) is 50.3 Å². The van der Waals surface area contributed by atoms with Gasteiger partial charge in [-0.1, -0.05) is 20.8 Å². The number of benzene rings is 1. The average molecular weight is 729 g/mol. The maximum atomic E-state index is 14.3. The molecule has 4 rings (SSSR count). The highest BCUT2D eigenvalue weighted by molar-refractivity contribution is 6.24. The van der Waals surface area contributed by atoms with Crippen LogP contribution in [0.3, 0.4) is 0 Å². The third-order valence-electron chi connectivity index (χ3n) is 9.69. The van der Waals surface area contributed by atoms with E-state index in [2.05, 4.69) is 0 Å². The predicted octanol–water partition coefficient (Wildman–Crippen LogP) is 2.95. The van der Waals surface area contributed by atoms with Crippen molar-refractivity contribution in [1.29, 1.82) is 0 Å². The number of hydrogen-bond acceptors (Lipinski definition) is 13. The molecule has 0 aliphatic heterocycles. The minimum Gasteiger partial charge on any atom is -0.508 e. The van der Waals surface area contributed by atoms with E-state index in [4.69, 9.17) is 15.2 Å². The van der Waals surface area contributed by atoms with Gasteiger partial charge in [0.2, 0.25) is 12.1 Å². The number of carbonyl (C=O) groups excluding carboxylic acids is 5. The number of ether oxygens (including phenoxy) is 2. The molecule has 15 nitrogen and oxygen atoms in total. The first-order valence-corrected chi connectivity index (χ1v) is 17.1. The molecule has 0 spiro atoms. The van der Waals surface area contributed by atoms with E-state index in [1.807, 2.05) is 20.8 Å². The van der Waals surface area contributed by atoms with Crippen LogP contribution >= 0.6 is 0 Å². The number of hydrogen-bond donors (Lipinski definition) is 5. The Kier molecular flexibility index (Phi) is 10.6. The topological polar surface area (TPSA) is 220 Å². The average Bonchev–Trinajstić information content (AvgIpc) is 2.98. The fourth-order valence-corrected chi connectivity index (χ4v) is 7.40. The Morgan fingerprint density at radius 2 is 1.62 bits per heavy atom. The highest BCUT2D eigenvalue weighted by atomic mass is 16.7. The second-order valence-corrected chi connectivity index (χ2v) is 16.6. The van der Waals surface area contributed by atoms with Gasteiger partial charge in [-0.3, -0.25) is 24.1 Å². The maximum Gasteiger partial charge on any atom is 0.413 e. The normalized spacial score (nSPS) is 23.8. The van der Waals surface area contributed by atoms with Crippen LogP contribution in [-0.2, 0) is 41.6 Å². The van der Waals surface area contributed by atoms with Crippen LogP contribution < -0.4 is 10.6 Å². The molecular formula is C37H52N4O11. The van der Waals surface area contributed by atoms with E-state index in [1.165, 1.54) is 30.8 Å². The van der Waals surface area contributed by atoms with Crippen LogP contribution in [-0.4, -0.2) is 112 Å². The minimum atomic E-state index is -2.78. The molecule has 0 radical (unpaired) electrons. The smallest absolute Gasteiger partial charge is 0.413 e. The Morgan fingerprint density at radius 3 is 2.12 bits per heavy atom. The number of phenolic OH excluding ortho intramolecular Hbond substituents is 1. The summed E-state index contributed by atoms with van der Waals surface area (Å²) in [6.45, 7) is 12.0. The number of primary amides is 1. The molecule has 3 aliphatic rings. The monoisotopic (exact) mass is 728 g/mol. The van der Waals surface area contributed by atoms with Crippen molar-refractivity contribution in [1.82, 2.24) is 9.80 Å². The van der Waals surface area contributed by atoms with Gasteiger partial charge >= 0.3 is 12.1 Å². The van der Waals surface area contributed by atoms with E-state index in [-0.39, 0.29) is 42.6 Å². The lowest BCUT2D eigenvalue weighted by Gasteiger charge is -2.50. The summed E-state index contributed by atoms with van der Waals surface area (Å²) in [5, 5.41) is 46.8. The number of phenols is 1. The van der Waals surface area contributed by atoms with E-state index in [0.717, 1.165) is 0 Å². The standard InChI is InChI=1S/C37H52N4O11/c1-17(51-33(48)36(5,6)7)52-34(49)41(16-35(2,3)4)15-19-14-22(39(8)9)20-12-18-13-21-26(40(10)11)29(44)25(32(38)47)31(46)37(21,50)30(45)23(18)28(43)24(20)27(19)42/h14,17-18,21,26,42-43,46,50H,12-13,15-16H2,1-11H3,(H2,38,47)/t17?,18-,21-,26-,37-/m0/s1. The van der Waals surface area contributed by atoms with Crippen molar-refractivity contribution in [2.75, 3.05) is 39.6 Å². The summed E-state index contributed by atoms with van der Waals surface area (Å²) in [4.78, 5) is 70.5. The van der Waals surface area contributed by atoms with Crippen LogP contribution in [0.25, 0.3) is 5.76 Å². The molecule has 5 atom stereocenters. The molecule has 3 aliphatic carbocycles.